The van der Waals surface area contributed by atoms with Gasteiger partial charge in [-0.2, -0.15) is 5.10 Å². The number of para-hydroxylation sites is 1. The van der Waals surface area contributed by atoms with Gasteiger partial charge in [0.2, 0.25) is 5.91 Å². The largest absolute Gasteiger partial charge is 0.376 e. The highest BCUT2D eigenvalue weighted by molar-refractivity contribution is 7.23. The molecule has 3 N–H and O–H groups in total. The molecule has 0 saturated heterocycles. The number of nitrogens with zero attached hydrogens (tertiary/aromatic N) is 3. The van der Waals surface area contributed by atoms with Gasteiger partial charge in [-0.25, -0.2) is 4.98 Å². The van der Waals surface area contributed by atoms with Gasteiger partial charge in [0.15, 0.2) is 5.13 Å². The van der Waals surface area contributed by atoms with Crippen molar-refractivity contribution in [3.63, 3.8) is 0 Å². The first-order valence-electron chi connectivity index (χ1n) is 7.43. The quantitative estimate of drug-likeness (QED) is 0.475. The Hall–Kier alpha value is -3.33. The van der Waals surface area contributed by atoms with Crippen molar-refractivity contribution in [2.24, 2.45) is 5.18 Å². The van der Waals surface area contributed by atoms with Crippen LogP contribution >= 0.6 is 11.3 Å². The summed E-state index contributed by atoms with van der Waals surface area (Å²) in [7, 11) is 0. The van der Waals surface area contributed by atoms with Crippen LogP contribution in [0.25, 0.3) is 21.1 Å². The number of nitroso groups, excluding NO2 is 1. The molecule has 1 amide bonds. The highest BCUT2D eigenvalue weighted by Crippen LogP contribution is 2.37. The van der Waals surface area contributed by atoms with Crippen molar-refractivity contribution in [2.45, 2.75) is 0 Å². The SMILES string of the molecule is O=Nc1cc2[nH]ncc2c2sc(NC(=O)CNc3ccccc3)nc12. The summed E-state index contributed by atoms with van der Waals surface area (Å²) in [4.78, 5) is 27.5. The summed E-state index contributed by atoms with van der Waals surface area (Å²) >= 11 is 1.28. The lowest BCUT2D eigenvalue weighted by Gasteiger charge is -2.05. The van der Waals surface area contributed by atoms with E-state index in [9.17, 15) is 9.70 Å². The summed E-state index contributed by atoms with van der Waals surface area (Å²) in [5, 5.41) is 16.8. The second-order valence-electron chi connectivity index (χ2n) is 5.28. The lowest BCUT2D eigenvalue weighted by Crippen LogP contribution is -2.21. The van der Waals surface area contributed by atoms with E-state index in [1.54, 1.807) is 12.3 Å². The average molecular weight is 352 g/mol. The number of H-pyrrole nitrogens is 1. The van der Waals surface area contributed by atoms with E-state index in [-0.39, 0.29) is 18.1 Å². The molecule has 0 spiro atoms. The molecule has 0 aliphatic carbocycles. The van der Waals surface area contributed by atoms with Crippen LogP contribution < -0.4 is 10.6 Å². The Morgan fingerprint density at radius 2 is 2.12 bits per heavy atom. The molecule has 0 bridgehead atoms. The molecule has 0 saturated carbocycles. The molecule has 124 valence electrons. The number of benzene rings is 2. The lowest BCUT2D eigenvalue weighted by molar-refractivity contribution is -0.114. The van der Waals surface area contributed by atoms with Crippen LogP contribution in [0.2, 0.25) is 0 Å². The molecule has 25 heavy (non-hydrogen) atoms. The van der Waals surface area contributed by atoms with Crippen molar-refractivity contribution in [1.82, 2.24) is 15.2 Å². The molecular formula is C16H12N6O2S. The number of carbonyl (C=O) groups excluding carboxylic acids is 1. The molecule has 0 atom stereocenters. The summed E-state index contributed by atoms with van der Waals surface area (Å²) in [6, 6.07) is 11.0. The number of carbonyl (C=O) groups is 1. The molecule has 9 heteroatoms. The van der Waals surface area contributed by atoms with Crippen LogP contribution in [0.5, 0.6) is 0 Å². The third-order valence-corrected chi connectivity index (χ3v) is 4.64. The Labute approximate surface area is 145 Å². The number of thiazole rings is 1. The molecule has 0 fully saturated rings. The Balaban J connectivity index is 1.57. The predicted octanol–water partition coefficient (Wildman–Crippen LogP) is 3.62. The molecular weight excluding hydrogens is 340 g/mol. The van der Waals surface area contributed by atoms with Crippen LogP contribution in [-0.2, 0) is 4.79 Å². The number of hydrogen-bond donors (Lipinski definition) is 3. The van der Waals surface area contributed by atoms with Gasteiger partial charge in [0.1, 0.15) is 11.2 Å². The van der Waals surface area contributed by atoms with Crippen molar-refractivity contribution in [3.8, 4) is 0 Å². The molecule has 2 aromatic carbocycles. The van der Waals surface area contributed by atoms with Gasteiger partial charge in [0.05, 0.1) is 23.0 Å². The third-order valence-electron chi connectivity index (χ3n) is 3.64. The van der Waals surface area contributed by atoms with Gasteiger partial charge in [-0.15, -0.1) is 4.91 Å². The van der Waals surface area contributed by atoms with Crippen LogP contribution in [0.15, 0.2) is 47.8 Å². The summed E-state index contributed by atoms with van der Waals surface area (Å²) in [5.74, 6) is -0.230. The molecule has 8 nitrogen and oxygen atoms in total. The first-order valence-corrected chi connectivity index (χ1v) is 8.25. The predicted molar refractivity (Wildman–Crippen MR) is 98.3 cm³/mol. The Morgan fingerprint density at radius 1 is 1.28 bits per heavy atom. The molecule has 2 aromatic heterocycles. The monoisotopic (exact) mass is 352 g/mol. The van der Waals surface area contributed by atoms with Gasteiger partial charge < -0.3 is 10.6 Å². The van der Waals surface area contributed by atoms with Crippen molar-refractivity contribution < 1.29 is 4.79 Å². The topological polar surface area (TPSA) is 112 Å². The Bertz CT molecular complexity index is 1070. The van der Waals surface area contributed by atoms with E-state index in [1.807, 2.05) is 30.3 Å². The second-order valence-corrected chi connectivity index (χ2v) is 6.28. The van der Waals surface area contributed by atoms with Gasteiger partial charge in [-0.3, -0.25) is 9.89 Å². The summed E-state index contributed by atoms with van der Waals surface area (Å²) in [5.41, 5.74) is 2.23. The van der Waals surface area contributed by atoms with Gasteiger partial charge in [0, 0.05) is 11.1 Å². The van der Waals surface area contributed by atoms with Gasteiger partial charge in [0.25, 0.3) is 0 Å². The Morgan fingerprint density at radius 3 is 2.92 bits per heavy atom. The van der Waals surface area contributed by atoms with Crippen molar-refractivity contribution in [2.75, 3.05) is 17.2 Å². The van der Waals surface area contributed by atoms with Gasteiger partial charge in [-0.1, -0.05) is 29.5 Å². The van der Waals surface area contributed by atoms with Crippen molar-refractivity contribution >= 4 is 54.9 Å². The van der Waals surface area contributed by atoms with E-state index in [1.165, 1.54) is 11.3 Å². The number of fused-ring (bicyclic) bond motifs is 3. The molecule has 2 heterocycles. The fourth-order valence-corrected chi connectivity index (χ4v) is 3.51. The number of rotatable bonds is 5. The standard InChI is InChI=1S/C16H12N6O2S/c23-13(8-17-9-4-2-1-3-5-9)19-16-20-14-12(22-24)6-11-10(7-18-21-11)15(14)25-16/h1-7,17H,8H2,(H,18,21)(H,19,20,23). The van der Waals surface area contributed by atoms with Crippen LogP contribution in [0.3, 0.4) is 0 Å². The highest BCUT2D eigenvalue weighted by Gasteiger charge is 2.15. The van der Waals surface area contributed by atoms with Crippen LogP contribution in [0.4, 0.5) is 16.5 Å². The van der Waals surface area contributed by atoms with E-state index in [2.05, 4.69) is 31.0 Å². The van der Waals surface area contributed by atoms with Crippen molar-refractivity contribution in [1.29, 1.82) is 0 Å². The lowest BCUT2D eigenvalue weighted by atomic mass is 10.2. The first kappa shape index (κ1) is 15.2. The maximum Gasteiger partial charge on any atom is 0.245 e. The maximum absolute atomic E-state index is 12.1. The van der Waals surface area contributed by atoms with E-state index in [0.717, 1.165) is 15.8 Å². The molecule has 0 unspecified atom stereocenters. The number of aromatic amines is 1. The fraction of sp³-hybridized carbons (Fsp3) is 0.0625. The fourth-order valence-electron chi connectivity index (χ4n) is 2.49. The summed E-state index contributed by atoms with van der Waals surface area (Å²) in [6.45, 7) is 0.111. The zero-order valence-electron chi connectivity index (χ0n) is 12.8. The van der Waals surface area contributed by atoms with Gasteiger partial charge >= 0.3 is 0 Å². The second kappa shape index (κ2) is 6.29. The van der Waals surface area contributed by atoms with E-state index < -0.39 is 0 Å². The minimum atomic E-state index is -0.230. The Kier molecular flexibility index (Phi) is 3.82. The number of nitrogens with one attached hydrogen (secondary N) is 3. The molecule has 4 aromatic rings. The zero-order chi connectivity index (χ0) is 17.2. The highest BCUT2D eigenvalue weighted by atomic mass is 32.1. The van der Waals surface area contributed by atoms with Crippen LogP contribution in [0, 0.1) is 4.91 Å². The molecule has 0 aliphatic rings. The van der Waals surface area contributed by atoms with Crippen LogP contribution in [0.1, 0.15) is 0 Å². The number of aromatic nitrogens is 3. The number of hydrogen-bond acceptors (Lipinski definition) is 7. The summed E-state index contributed by atoms with van der Waals surface area (Å²) < 4.78 is 0.757. The van der Waals surface area contributed by atoms with Crippen LogP contribution in [-0.4, -0.2) is 27.6 Å². The third kappa shape index (κ3) is 2.92. The first-order chi connectivity index (χ1) is 12.2. The minimum absolute atomic E-state index is 0.111. The molecule has 0 aliphatic heterocycles. The average Bonchev–Trinajstić information content (AvgIpc) is 3.26. The van der Waals surface area contributed by atoms with E-state index >= 15 is 0 Å². The molecule has 4 rings (SSSR count). The zero-order valence-corrected chi connectivity index (χ0v) is 13.6. The van der Waals surface area contributed by atoms with E-state index in [4.69, 9.17) is 0 Å². The minimum Gasteiger partial charge on any atom is -0.376 e. The smallest absolute Gasteiger partial charge is 0.245 e. The number of anilines is 2. The van der Waals surface area contributed by atoms with Gasteiger partial charge in [-0.05, 0) is 23.4 Å². The van der Waals surface area contributed by atoms with Crippen molar-refractivity contribution in [3.05, 3.63) is 47.5 Å². The summed E-state index contributed by atoms with van der Waals surface area (Å²) in [6.07, 6.45) is 1.66. The normalized spacial score (nSPS) is 10.9. The number of amides is 1. The van der Waals surface area contributed by atoms with E-state index in [0.29, 0.717) is 16.2 Å². The molecule has 0 radical (unpaired) electrons. The maximum atomic E-state index is 12.1.